The number of nitrogens with zero attached hydrogens (tertiary/aromatic N) is 2. The summed E-state index contributed by atoms with van der Waals surface area (Å²) in [6, 6.07) is 4.45. The van der Waals surface area contributed by atoms with Crippen LogP contribution < -0.4 is 0 Å². The Morgan fingerprint density at radius 1 is 1.28 bits per heavy atom. The van der Waals surface area contributed by atoms with Crippen molar-refractivity contribution in [1.82, 2.24) is 9.78 Å². The molecular formula is C23H30N2. The Kier molecular flexibility index (Phi) is 5.84. The first kappa shape index (κ1) is 19.0. The van der Waals surface area contributed by atoms with Crippen molar-refractivity contribution in [3.63, 3.8) is 0 Å². The van der Waals surface area contributed by atoms with Gasteiger partial charge in [0.05, 0.1) is 5.52 Å². The summed E-state index contributed by atoms with van der Waals surface area (Å²) in [7, 11) is 1.97. The van der Waals surface area contributed by atoms with E-state index < -0.39 is 0 Å². The number of hydrogen-bond donors (Lipinski definition) is 0. The van der Waals surface area contributed by atoms with Gasteiger partial charge in [0.2, 0.25) is 0 Å². The first-order valence-corrected chi connectivity index (χ1v) is 8.83. The van der Waals surface area contributed by atoms with E-state index >= 15 is 0 Å². The number of aryl methyl sites for hydroxylation is 2. The summed E-state index contributed by atoms with van der Waals surface area (Å²) in [5, 5.41) is 5.73. The highest BCUT2D eigenvalue weighted by molar-refractivity contribution is 5.86. The Bertz CT molecular complexity index is 875. The fraction of sp³-hybridized carbons (Fsp3) is 0.348. The van der Waals surface area contributed by atoms with Crippen molar-refractivity contribution in [2.75, 3.05) is 0 Å². The Balaban J connectivity index is 2.46. The lowest BCUT2D eigenvalue weighted by Gasteiger charge is -2.15. The minimum Gasteiger partial charge on any atom is -0.275 e. The highest BCUT2D eigenvalue weighted by atomic mass is 15.2. The summed E-state index contributed by atoms with van der Waals surface area (Å²) >= 11 is 0. The van der Waals surface area contributed by atoms with E-state index in [0.717, 1.165) is 11.9 Å². The monoisotopic (exact) mass is 334 g/mol. The number of allylic oxidation sites excluding steroid dienone is 6. The smallest absolute Gasteiger partial charge is 0.0952 e. The van der Waals surface area contributed by atoms with Crippen LogP contribution in [0.2, 0.25) is 0 Å². The van der Waals surface area contributed by atoms with Crippen molar-refractivity contribution < 1.29 is 0 Å². The number of benzene rings is 1. The summed E-state index contributed by atoms with van der Waals surface area (Å²) < 4.78 is 1.88. The predicted octanol–water partition coefficient (Wildman–Crippen LogP) is 6.39. The van der Waals surface area contributed by atoms with Gasteiger partial charge < -0.3 is 0 Å². The maximum Gasteiger partial charge on any atom is 0.0952 e. The van der Waals surface area contributed by atoms with Gasteiger partial charge in [-0.25, -0.2) is 0 Å². The van der Waals surface area contributed by atoms with E-state index in [0.29, 0.717) is 5.92 Å². The Labute approximate surface area is 152 Å². The van der Waals surface area contributed by atoms with Crippen LogP contribution in [0.5, 0.6) is 0 Å². The molecule has 25 heavy (non-hydrogen) atoms. The Hall–Kier alpha value is -2.35. The maximum absolute atomic E-state index is 4.54. The molecule has 2 rings (SSSR count). The molecule has 0 saturated heterocycles. The molecule has 0 fully saturated rings. The van der Waals surface area contributed by atoms with Gasteiger partial charge in [-0.1, -0.05) is 37.8 Å². The van der Waals surface area contributed by atoms with Crippen molar-refractivity contribution in [2.24, 2.45) is 13.0 Å². The first-order chi connectivity index (χ1) is 11.7. The Morgan fingerprint density at radius 3 is 2.56 bits per heavy atom. The molecule has 0 bridgehead atoms. The second-order valence-electron chi connectivity index (χ2n) is 7.22. The molecule has 1 unspecified atom stereocenters. The van der Waals surface area contributed by atoms with Crippen molar-refractivity contribution >= 4 is 16.5 Å². The van der Waals surface area contributed by atoms with E-state index in [9.17, 15) is 0 Å². The average Bonchev–Trinajstić information content (AvgIpc) is 2.94. The van der Waals surface area contributed by atoms with Crippen LogP contribution >= 0.6 is 0 Å². The lowest BCUT2D eigenvalue weighted by molar-refractivity contribution is 0.680. The third-order valence-electron chi connectivity index (χ3n) is 4.94. The summed E-state index contributed by atoms with van der Waals surface area (Å²) in [6.45, 7) is 18.8. The minimum absolute atomic E-state index is 0.455. The zero-order chi connectivity index (χ0) is 18.7. The highest BCUT2D eigenvalue weighted by Crippen LogP contribution is 2.28. The third-order valence-corrected chi connectivity index (χ3v) is 4.94. The van der Waals surface area contributed by atoms with Crippen LogP contribution in [0, 0.1) is 12.8 Å². The largest absolute Gasteiger partial charge is 0.275 e. The van der Waals surface area contributed by atoms with E-state index in [4.69, 9.17) is 0 Å². The van der Waals surface area contributed by atoms with Crippen LogP contribution in [0.25, 0.3) is 16.5 Å². The Morgan fingerprint density at radius 2 is 1.96 bits per heavy atom. The van der Waals surface area contributed by atoms with Crippen LogP contribution in [0.15, 0.2) is 60.4 Å². The molecule has 0 aliphatic heterocycles. The highest BCUT2D eigenvalue weighted by Gasteiger charge is 2.10. The topological polar surface area (TPSA) is 17.8 Å². The van der Waals surface area contributed by atoms with E-state index in [1.54, 1.807) is 0 Å². The van der Waals surface area contributed by atoms with Crippen LogP contribution in [-0.2, 0) is 7.05 Å². The SMILES string of the molecule is C=C/C(C)=C(\C=C(/C)c1cc(C)c2nn(C)cc2c1)CC(C)C(=C)C. The maximum atomic E-state index is 4.54. The predicted molar refractivity (Wildman–Crippen MR) is 111 cm³/mol. The van der Waals surface area contributed by atoms with Crippen molar-refractivity contribution in [3.8, 4) is 0 Å². The minimum atomic E-state index is 0.455. The van der Waals surface area contributed by atoms with Gasteiger partial charge >= 0.3 is 0 Å². The third kappa shape index (κ3) is 4.39. The lowest BCUT2D eigenvalue weighted by atomic mass is 9.90. The number of fused-ring (bicyclic) bond motifs is 1. The summed E-state index contributed by atoms with van der Waals surface area (Å²) in [6.07, 6.45) is 7.31. The molecule has 2 heteroatoms. The first-order valence-electron chi connectivity index (χ1n) is 8.83. The zero-order valence-electron chi connectivity index (χ0n) is 16.5. The van der Waals surface area contributed by atoms with Crippen molar-refractivity contribution in [2.45, 2.75) is 41.0 Å². The van der Waals surface area contributed by atoms with E-state index in [1.165, 1.54) is 38.8 Å². The second-order valence-corrected chi connectivity index (χ2v) is 7.22. The molecule has 132 valence electrons. The van der Waals surface area contributed by atoms with E-state index in [2.05, 4.69) is 77.3 Å². The average molecular weight is 335 g/mol. The lowest BCUT2D eigenvalue weighted by Crippen LogP contribution is -1.99. The van der Waals surface area contributed by atoms with Gasteiger partial charge in [-0.15, -0.1) is 0 Å². The fourth-order valence-electron chi connectivity index (χ4n) is 2.97. The van der Waals surface area contributed by atoms with Crippen LogP contribution in [0.1, 0.15) is 45.2 Å². The van der Waals surface area contributed by atoms with Gasteiger partial charge in [0.25, 0.3) is 0 Å². The van der Waals surface area contributed by atoms with Crippen molar-refractivity contribution in [3.05, 3.63) is 71.5 Å². The number of rotatable bonds is 6. The molecule has 1 aromatic heterocycles. The summed E-state index contributed by atoms with van der Waals surface area (Å²) in [5.41, 5.74) is 8.57. The summed E-state index contributed by atoms with van der Waals surface area (Å²) in [5.74, 6) is 0.455. The van der Waals surface area contributed by atoms with E-state index in [1.807, 2.05) is 17.8 Å². The standard InChI is InChI=1S/C23H30N2/c1-9-16(4)20(10-17(5)15(2)3)11-18(6)21-12-19(7)23-22(13-21)14-25(8)24-23/h9,11-14,17H,1-2,10H2,3-8H3/b18-11+,20-16-. The molecule has 1 atom stereocenters. The molecule has 0 aliphatic carbocycles. The molecule has 1 heterocycles. The van der Waals surface area contributed by atoms with Crippen LogP contribution in [0.4, 0.5) is 0 Å². The second kappa shape index (κ2) is 7.69. The quantitative estimate of drug-likeness (QED) is 0.442. The van der Waals surface area contributed by atoms with Gasteiger partial charge in [0, 0.05) is 18.6 Å². The van der Waals surface area contributed by atoms with Gasteiger partial charge in [-0.3, -0.25) is 4.68 Å². The number of aromatic nitrogens is 2. The molecule has 1 aromatic carbocycles. The van der Waals surface area contributed by atoms with Crippen LogP contribution in [-0.4, -0.2) is 9.78 Å². The molecule has 0 aliphatic rings. The molecule has 0 saturated carbocycles. The molecule has 0 amide bonds. The molecule has 0 radical (unpaired) electrons. The normalized spacial score (nSPS) is 14.4. The zero-order valence-corrected chi connectivity index (χ0v) is 16.5. The molecule has 2 nitrogen and oxygen atoms in total. The number of hydrogen-bond acceptors (Lipinski definition) is 1. The molecule has 0 spiro atoms. The fourth-order valence-corrected chi connectivity index (χ4v) is 2.97. The van der Waals surface area contributed by atoms with Gasteiger partial charge in [0.15, 0.2) is 0 Å². The van der Waals surface area contributed by atoms with Gasteiger partial charge in [-0.2, -0.15) is 5.10 Å². The molecular weight excluding hydrogens is 304 g/mol. The van der Waals surface area contributed by atoms with Crippen molar-refractivity contribution in [1.29, 1.82) is 0 Å². The van der Waals surface area contributed by atoms with Gasteiger partial charge in [-0.05, 0) is 80.0 Å². The van der Waals surface area contributed by atoms with E-state index in [-0.39, 0.29) is 0 Å². The van der Waals surface area contributed by atoms with Crippen LogP contribution in [0.3, 0.4) is 0 Å². The molecule has 0 N–H and O–H groups in total. The van der Waals surface area contributed by atoms with Gasteiger partial charge in [0.1, 0.15) is 0 Å². The summed E-state index contributed by atoms with van der Waals surface area (Å²) in [4.78, 5) is 0. The molecule has 2 aromatic rings.